The number of hydrogen-bond donors (Lipinski definition) is 2. The fourth-order valence-corrected chi connectivity index (χ4v) is 1.72. The maximum absolute atomic E-state index is 4.29. The molecular formula is C12H19N5. The van der Waals surface area contributed by atoms with Crippen LogP contribution in [0.1, 0.15) is 24.7 Å². The summed E-state index contributed by atoms with van der Waals surface area (Å²) in [4.78, 5) is 7.27. The summed E-state index contributed by atoms with van der Waals surface area (Å²) in [6, 6.07) is 0. The van der Waals surface area contributed by atoms with Gasteiger partial charge in [0.05, 0.1) is 6.20 Å². The van der Waals surface area contributed by atoms with E-state index in [-0.39, 0.29) is 0 Å². The summed E-state index contributed by atoms with van der Waals surface area (Å²) in [5, 5.41) is 7.67. The molecule has 92 valence electrons. The Balaban J connectivity index is 1.67. The van der Waals surface area contributed by atoms with Crippen LogP contribution in [0.25, 0.3) is 0 Å². The number of rotatable bonds is 7. The smallest absolute Gasteiger partial charge is 0.107 e. The summed E-state index contributed by atoms with van der Waals surface area (Å²) >= 11 is 0. The van der Waals surface area contributed by atoms with E-state index >= 15 is 0 Å². The molecule has 0 aliphatic carbocycles. The van der Waals surface area contributed by atoms with Crippen molar-refractivity contribution in [1.82, 2.24) is 25.1 Å². The number of imidazole rings is 1. The Morgan fingerprint density at radius 2 is 2.41 bits per heavy atom. The Morgan fingerprint density at radius 3 is 3.18 bits per heavy atom. The Kier molecular flexibility index (Phi) is 4.32. The lowest BCUT2D eigenvalue weighted by Crippen LogP contribution is -2.16. The van der Waals surface area contributed by atoms with Crippen molar-refractivity contribution in [1.29, 1.82) is 0 Å². The summed E-state index contributed by atoms with van der Waals surface area (Å²) in [7, 11) is 0. The van der Waals surface area contributed by atoms with Crippen LogP contribution < -0.4 is 5.32 Å². The first-order chi connectivity index (χ1) is 8.38. The fourth-order valence-electron chi connectivity index (χ4n) is 1.72. The molecule has 2 aromatic heterocycles. The molecule has 0 aliphatic rings. The van der Waals surface area contributed by atoms with Crippen LogP contribution in [-0.2, 0) is 19.5 Å². The van der Waals surface area contributed by atoms with E-state index in [0.717, 1.165) is 38.3 Å². The zero-order valence-electron chi connectivity index (χ0n) is 10.2. The second kappa shape index (κ2) is 6.20. The van der Waals surface area contributed by atoms with E-state index < -0.39 is 0 Å². The molecule has 0 aromatic carbocycles. The van der Waals surface area contributed by atoms with Gasteiger partial charge in [0.2, 0.25) is 0 Å². The van der Waals surface area contributed by atoms with E-state index in [9.17, 15) is 0 Å². The van der Waals surface area contributed by atoms with Crippen LogP contribution >= 0.6 is 0 Å². The highest BCUT2D eigenvalue weighted by Crippen LogP contribution is 1.98. The Labute approximate surface area is 101 Å². The van der Waals surface area contributed by atoms with Gasteiger partial charge in [-0.25, -0.2) is 4.98 Å². The van der Waals surface area contributed by atoms with Gasteiger partial charge in [0.25, 0.3) is 0 Å². The van der Waals surface area contributed by atoms with Crippen LogP contribution in [0.4, 0.5) is 0 Å². The monoisotopic (exact) mass is 233 g/mol. The quantitative estimate of drug-likeness (QED) is 0.710. The number of hydrogen-bond acceptors (Lipinski definition) is 3. The lowest BCUT2D eigenvalue weighted by molar-refractivity contribution is 0.601. The van der Waals surface area contributed by atoms with Crippen molar-refractivity contribution in [2.24, 2.45) is 0 Å². The van der Waals surface area contributed by atoms with Crippen molar-refractivity contribution in [2.75, 3.05) is 6.54 Å². The number of aromatic amines is 1. The summed E-state index contributed by atoms with van der Waals surface area (Å²) in [6.45, 7) is 4.94. The van der Waals surface area contributed by atoms with Crippen molar-refractivity contribution in [3.8, 4) is 0 Å². The Morgan fingerprint density at radius 1 is 1.47 bits per heavy atom. The third-order valence-electron chi connectivity index (χ3n) is 2.56. The van der Waals surface area contributed by atoms with Crippen molar-refractivity contribution in [3.63, 3.8) is 0 Å². The number of nitrogens with zero attached hydrogens (tertiary/aromatic N) is 3. The molecule has 0 radical (unpaired) electrons. The zero-order chi connectivity index (χ0) is 11.9. The van der Waals surface area contributed by atoms with Gasteiger partial charge < -0.3 is 10.3 Å². The average molecular weight is 233 g/mol. The number of H-pyrrole nitrogens is 1. The Bertz CT molecular complexity index is 418. The maximum atomic E-state index is 4.29. The molecule has 0 fully saturated rings. The third-order valence-corrected chi connectivity index (χ3v) is 2.56. The topological polar surface area (TPSA) is 58.5 Å². The SMILES string of the molecule is CCCn1cc(CNCCc2ncc[nH]2)cn1. The molecule has 0 unspecified atom stereocenters. The van der Waals surface area contributed by atoms with Crippen molar-refractivity contribution >= 4 is 0 Å². The van der Waals surface area contributed by atoms with Gasteiger partial charge >= 0.3 is 0 Å². The second-order valence-electron chi connectivity index (χ2n) is 4.07. The van der Waals surface area contributed by atoms with Gasteiger partial charge in [0, 0.05) is 50.2 Å². The minimum absolute atomic E-state index is 0.865. The average Bonchev–Trinajstić information content (AvgIpc) is 2.96. The summed E-state index contributed by atoms with van der Waals surface area (Å²) < 4.78 is 1.99. The van der Waals surface area contributed by atoms with Crippen LogP contribution in [0.3, 0.4) is 0 Å². The van der Waals surface area contributed by atoms with Crippen molar-refractivity contribution < 1.29 is 0 Å². The minimum Gasteiger partial charge on any atom is -0.349 e. The van der Waals surface area contributed by atoms with E-state index in [4.69, 9.17) is 0 Å². The third kappa shape index (κ3) is 3.71. The Hall–Kier alpha value is -1.62. The second-order valence-corrected chi connectivity index (χ2v) is 4.07. The molecule has 0 spiro atoms. The molecule has 2 rings (SSSR count). The van der Waals surface area contributed by atoms with Crippen LogP contribution in [0.2, 0.25) is 0 Å². The molecule has 2 aromatic rings. The lowest BCUT2D eigenvalue weighted by atomic mass is 10.3. The standard InChI is InChI=1S/C12H19N5/c1-2-7-17-10-11(9-16-17)8-13-4-3-12-14-5-6-15-12/h5-6,9-10,13H,2-4,7-8H2,1H3,(H,14,15). The highest BCUT2D eigenvalue weighted by atomic mass is 15.3. The van der Waals surface area contributed by atoms with Crippen molar-refractivity contribution in [3.05, 3.63) is 36.2 Å². The number of aryl methyl sites for hydroxylation is 1. The first-order valence-corrected chi connectivity index (χ1v) is 6.09. The first-order valence-electron chi connectivity index (χ1n) is 6.09. The largest absolute Gasteiger partial charge is 0.349 e. The minimum atomic E-state index is 0.865. The van der Waals surface area contributed by atoms with Crippen LogP contribution in [-0.4, -0.2) is 26.3 Å². The molecule has 0 amide bonds. The van der Waals surface area contributed by atoms with Crippen LogP contribution in [0.15, 0.2) is 24.8 Å². The van der Waals surface area contributed by atoms with Crippen molar-refractivity contribution in [2.45, 2.75) is 32.9 Å². The van der Waals surface area contributed by atoms with Gasteiger partial charge in [0.1, 0.15) is 5.82 Å². The zero-order valence-corrected chi connectivity index (χ0v) is 10.2. The predicted octanol–water partition coefficient (Wildman–Crippen LogP) is 1.35. The predicted molar refractivity (Wildman–Crippen MR) is 66.5 cm³/mol. The highest BCUT2D eigenvalue weighted by molar-refractivity contribution is 5.03. The summed E-state index contributed by atoms with van der Waals surface area (Å²) in [5.41, 5.74) is 1.23. The maximum Gasteiger partial charge on any atom is 0.107 e. The van der Waals surface area contributed by atoms with E-state index in [1.54, 1.807) is 6.20 Å². The first kappa shape index (κ1) is 11.9. The van der Waals surface area contributed by atoms with Crippen LogP contribution in [0.5, 0.6) is 0 Å². The lowest BCUT2D eigenvalue weighted by Gasteiger charge is -2.01. The number of aromatic nitrogens is 4. The number of nitrogens with one attached hydrogen (secondary N) is 2. The summed E-state index contributed by atoms with van der Waals surface area (Å²) in [5.74, 6) is 1.03. The van der Waals surface area contributed by atoms with Gasteiger partial charge in [-0.15, -0.1) is 0 Å². The van der Waals surface area contributed by atoms with E-state index in [0.29, 0.717) is 0 Å². The molecule has 2 N–H and O–H groups in total. The van der Waals surface area contributed by atoms with Crippen LogP contribution in [0, 0.1) is 0 Å². The van der Waals surface area contributed by atoms with Gasteiger partial charge in [0.15, 0.2) is 0 Å². The molecule has 5 heteroatoms. The van der Waals surface area contributed by atoms with Gasteiger partial charge in [-0.05, 0) is 6.42 Å². The molecule has 17 heavy (non-hydrogen) atoms. The molecule has 0 aliphatic heterocycles. The van der Waals surface area contributed by atoms with Gasteiger partial charge in [-0.2, -0.15) is 5.10 Å². The molecule has 5 nitrogen and oxygen atoms in total. The molecular weight excluding hydrogens is 214 g/mol. The molecule has 0 bridgehead atoms. The van der Waals surface area contributed by atoms with E-state index in [1.165, 1.54) is 5.56 Å². The summed E-state index contributed by atoms with van der Waals surface area (Å²) in [6.07, 6.45) is 9.70. The molecule has 0 saturated carbocycles. The molecule has 0 atom stereocenters. The fraction of sp³-hybridized carbons (Fsp3) is 0.500. The normalized spacial score (nSPS) is 10.9. The van der Waals surface area contributed by atoms with Gasteiger partial charge in [-0.1, -0.05) is 6.92 Å². The molecule has 2 heterocycles. The van der Waals surface area contributed by atoms with E-state index in [2.05, 4.69) is 33.5 Å². The van der Waals surface area contributed by atoms with E-state index in [1.807, 2.05) is 17.1 Å². The molecule has 0 saturated heterocycles. The highest BCUT2D eigenvalue weighted by Gasteiger charge is 1.98. The van der Waals surface area contributed by atoms with Gasteiger partial charge in [-0.3, -0.25) is 4.68 Å².